The van der Waals surface area contributed by atoms with Gasteiger partial charge >= 0.3 is 0 Å². The third kappa shape index (κ3) is 13.8. The molecule has 280 valence electrons. The van der Waals surface area contributed by atoms with E-state index < -0.39 is 103 Å². The molecular weight excluding hydrogens is 670 g/mol. The Morgan fingerprint density at radius 2 is 1.59 bits per heavy atom. The first kappa shape index (κ1) is 41.7. The fourth-order valence-corrected chi connectivity index (χ4v) is 5.06. The number of nitrogens with one attached hydrogen (secondary N) is 6. The molecule has 5 atom stereocenters. The number of rotatable bonds is 16. The molecule has 0 aromatic heterocycles. The van der Waals surface area contributed by atoms with Crippen molar-refractivity contribution in [3.05, 3.63) is 30.3 Å². The van der Waals surface area contributed by atoms with Crippen molar-refractivity contribution in [2.45, 2.75) is 82.1 Å². The fraction of sp³-hybridized carbons (Fsp3) is 0.531. The van der Waals surface area contributed by atoms with E-state index in [-0.39, 0.29) is 37.3 Å². The Labute approximate surface area is 294 Å². The Morgan fingerprint density at radius 3 is 2.18 bits per heavy atom. The first-order chi connectivity index (χ1) is 24.2. The van der Waals surface area contributed by atoms with Gasteiger partial charge in [0.15, 0.2) is 0 Å². The third-order valence-corrected chi connectivity index (χ3v) is 7.80. The quantitative estimate of drug-likeness (QED) is 0.0742. The molecule has 19 nitrogen and oxygen atoms in total. The molecule has 0 spiro atoms. The van der Waals surface area contributed by atoms with Crippen LogP contribution in [0.3, 0.4) is 0 Å². The smallest absolute Gasteiger partial charge is 0.244 e. The Hall–Kier alpha value is -5.43. The number of amides is 8. The van der Waals surface area contributed by atoms with Crippen LogP contribution >= 0.6 is 0 Å². The Balaban J connectivity index is 2.57. The van der Waals surface area contributed by atoms with E-state index in [1.54, 1.807) is 18.2 Å². The summed E-state index contributed by atoms with van der Waals surface area (Å²) in [5, 5.41) is 23.9. The second-order valence-corrected chi connectivity index (χ2v) is 11.9. The Morgan fingerprint density at radius 1 is 0.922 bits per heavy atom. The van der Waals surface area contributed by atoms with Crippen LogP contribution in [-0.4, -0.2) is 115 Å². The molecule has 11 N–H and O–H groups in total. The van der Waals surface area contributed by atoms with Crippen molar-refractivity contribution in [2.24, 2.45) is 11.5 Å². The summed E-state index contributed by atoms with van der Waals surface area (Å²) in [6.07, 6.45) is -1.01. The highest BCUT2D eigenvalue weighted by Crippen LogP contribution is 2.16. The van der Waals surface area contributed by atoms with Crippen LogP contribution in [0.25, 0.3) is 0 Å². The number of anilines is 1. The zero-order valence-electron chi connectivity index (χ0n) is 28.6. The van der Waals surface area contributed by atoms with E-state index in [1.165, 1.54) is 26.1 Å². The number of aliphatic hydroxyl groups excluding tert-OH is 1. The summed E-state index contributed by atoms with van der Waals surface area (Å²) >= 11 is 0. The number of primary amides is 1. The molecule has 4 unspecified atom stereocenters. The van der Waals surface area contributed by atoms with Gasteiger partial charge in [-0.15, -0.1) is 0 Å². The van der Waals surface area contributed by atoms with Crippen LogP contribution < -0.4 is 48.3 Å². The zero-order chi connectivity index (χ0) is 38.1. The van der Waals surface area contributed by atoms with Crippen molar-refractivity contribution >= 4 is 58.7 Å². The van der Waals surface area contributed by atoms with Crippen LogP contribution in [0.2, 0.25) is 0 Å². The van der Waals surface area contributed by atoms with Gasteiger partial charge in [-0.05, 0) is 51.3 Å². The van der Waals surface area contributed by atoms with Crippen LogP contribution in [-0.2, 0) is 43.2 Å². The van der Waals surface area contributed by atoms with Crippen LogP contribution in [0.5, 0.6) is 0 Å². The number of hydrogen-bond donors (Lipinski definition) is 9. The monoisotopic (exact) mass is 717 g/mol. The van der Waals surface area contributed by atoms with Gasteiger partial charge in [-0.1, -0.05) is 18.2 Å². The molecule has 19 heteroatoms. The topological polar surface area (TPSA) is 301 Å². The lowest BCUT2D eigenvalue weighted by molar-refractivity contribution is -0.136. The molecule has 1 fully saturated rings. The highest BCUT2D eigenvalue weighted by Gasteiger charge is 2.36. The van der Waals surface area contributed by atoms with Crippen molar-refractivity contribution in [3.63, 3.8) is 0 Å². The van der Waals surface area contributed by atoms with Gasteiger partial charge in [0.25, 0.3) is 0 Å². The van der Waals surface area contributed by atoms with Crippen LogP contribution in [0.15, 0.2) is 30.3 Å². The number of nitrogens with two attached hydrogens (primary N) is 2. The number of aliphatic hydroxyl groups is 1. The predicted octanol–water partition coefficient (Wildman–Crippen LogP) is -4.04. The number of unbranched alkanes of at least 4 members (excludes halogenated alkanes) is 1. The minimum atomic E-state index is -1.74. The summed E-state index contributed by atoms with van der Waals surface area (Å²) in [4.78, 5) is 118. The van der Waals surface area contributed by atoms with E-state index in [9.17, 15) is 48.3 Å². The highest BCUT2D eigenvalue weighted by atomic mass is 16.3. The maximum Gasteiger partial charge on any atom is 0.244 e. The summed E-state index contributed by atoms with van der Waals surface area (Å²) in [7, 11) is 1.30. The SMILES string of the molecule is CNC(=O)C(CO)NC(=O)C(CCCCN)NC(=O)C1CC(=O)N(c2ccccc2)CC(=O)NC(CCC(C)=O)C(=O)N[C@@H](CC(N)=O)C(=O)N1. The van der Waals surface area contributed by atoms with Gasteiger partial charge in [-0.25, -0.2) is 0 Å². The number of hydrogen-bond acceptors (Lipinski definition) is 11. The molecule has 0 saturated carbocycles. The Bertz CT molecular complexity index is 1440. The summed E-state index contributed by atoms with van der Waals surface area (Å²) in [5.74, 6) is -7.58. The average molecular weight is 718 g/mol. The minimum Gasteiger partial charge on any atom is -0.394 e. The molecule has 1 aromatic rings. The number of ketones is 1. The van der Waals surface area contributed by atoms with E-state index in [0.29, 0.717) is 12.8 Å². The summed E-state index contributed by atoms with van der Waals surface area (Å²) < 4.78 is 0. The van der Waals surface area contributed by atoms with Gasteiger partial charge < -0.3 is 58.2 Å². The number of likely N-dealkylation sites (N-methyl/N-ethyl adjacent to an activating group) is 1. The van der Waals surface area contributed by atoms with Crippen LogP contribution in [0.1, 0.15) is 51.9 Å². The maximum absolute atomic E-state index is 13.9. The lowest BCUT2D eigenvalue weighted by Crippen LogP contribution is -2.60. The van der Waals surface area contributed by atoms with Gasteiger partial charge in [-0.2, -0.15) is 0 Å². The van der Waals surface area contributed by atoms with Crippen LogP contribution in [0.4, 0.5) is 5.69 Å². The molecule has 51 heavy (non-hydrogen) atoms. The second kappa shape index (κ2) is 20.9. The van der Waals surface area contributed by atoms with Crippen molar-refractivity contribution in [1.82, 2.24) is 31.9 Å². The van der Waals surface area contributed by atoms with E-state index in [4.69, 9.17) is 11.5 Å². The molecule has 1 aliphatic heterocycles. The van der Waals surface area contributed by atoms with Crippen molar-refractivity contribution in [3.8, 4) is 0 Å². The molecule has 1 aliphatic rings. The summed E-state index contributed by atoms with van der Waals surface area (Å²) in [6, 6.07) is 0.411. The fourth-order valence-electron chi connectivity index (χ4n) is 5.06. The maximum atomic E-state index is 13.9. The van der Waals surface area contributed by atoms with E-state index >= 15 is 0 Å². The van der Waals surface area contributed by atoms with Crippen LogP contribution in [0, 0.1) is 0 Å². The normalized spacial score (nSPS) is 19.8. The number of carbonyl (C=O) groups excluding carboxylic acids is 9. The van der Waals surface area contributed by atoms with Gasteiger partial charge in [0.05, 0.1) is 19.4 Å². The van der Waals surface area contributed by atoms with Gasteiger partial charge in [-0.3, -0.25) is 38.4 Å². The van der Waals surface area contributed by atoms with Gasteiger partial charge in [0.2, 0.25) is 47.3 Å². The number of Topliss-reactive ketones (excluding diaryl/α,β-unsaturated/α-hetero) is 1. The zero-order valence-corrected chi connectivity index (χ0v) is 28.6. The molecule has 2 rings (SSSR count). The third-order valence-electron chi connectivity index (χ3n) is 7.80. The molecule has 0 radical (unpaired) electrons. The first-order valence-electron chi connectivity index (χ1n) is 16.4. The Kier molecular flexibility index (Phi) is 17.1. The lowest BCUT2D eigenvalue weighted by atomic mass is 10.0. The number of nitrogens with zero attached hydrogens (tertiary/aromatic N) is 1. The van der Waals surface area contributed by atoms with Gasteiger partial charge in [0.1, 0.15) is 42.5 Å². The number of benzene rings is 1. The molecule has 1 aromatic carbocycles. The van der Waals surface area contributed by atoms with Crippen molar-refractivity contribution in [2.75, 3.05) is 31.6 Å². The molecule has 8 amide bonds. The van der Waals surface area contributed by atoms with E-state index in [0.717, 1.165) is 4.90 Å². The first-order valence-corrected chi connectivity index (χ1v) is 16.4. The van der Waals surface area contributed by atoms with Crippen molar-refractivity contribution < 1.29 is 48.3 Å². The second-order valence-electron chi connectivity index (χ2n) is 11.9. The molecular formula is C32H47N9O10. The molecule has 1 saturated heterocycles. The predicted molar refractivity (Wildman–Crippen MR) is 181 cm³/mol. The number of carbonyl (C=O) groups is 9. The number of para-hydroxylation sites is 1. The lowest BCUT2D eigenvalue weighted by Gasteiger charge is -2.27. The average Bonchev–Trinajstić information content (AvgIpc) is 3.09. The molecule has 1 heterocycles. The molecule has 0 aliphatic carbocycles. The summed E-state index contributed by atoms with van der Waals surface area (Å²) in [6.45, 7) is 0.154. The van der Waals surface area contributed by atoms with Gasteiger partial charge in [0, 0.05) is 19.2 Å². The molecule has 0 bridgehead atoms. The highest BCUT2D eigenvalue weighted by molar-refractivity contribution is 6.04. The van der Waals surface area contributed by atoms with E-state index in [2.05, 4.69) is 31.9 Å². The largest absolute Gasteiger partial charge is 0.394 e. The minimum absolute atomic E-state index is 0.00754. The van der Waals surface area contributed by atoms with E-state index in [1.807, 2.05) is 0 Å². The van der Waals surface area contributed by atoms with Crippen molar-refractivity contribution in [1.29, 1.82) is 0 Å². The summed E-state index contributed by atoms with van der Waals surface area (Å²) in [5.41, 5.74) is 11.2. The standard InChI is InChI=1S/C32H47N9O10/c1-18(43)11-12-21-30(49)38-22(14-25(34)44)31(50)39-23(15-27(46)41(16-26(45)36-21)19-8-4-3-5-9-19)32(51)37-20(10-6-7-13-33)29(48)40-24(17-42)28(47)35-2/h3-5,8-9,20-24,42H,6-7,10-17,33H2,1-2H3,(H2,34,44)(H,35,47)(H,36,45)(H,37,51)(H,38,49)(H,39,50)(H,40,48)/t20?,21?,22-,23?,24?/m0/s1.